The number of anilines is 2. The quantitative estimate of drug-likeness (QED) is 0.565. The lowest BCUT2D eigenvalue weighted by Gasteiger charge is -2.29. The monoisotopic (exact) mass is 279 g/mol. The molecule has 0 unspecified atom stereocenters. The standard InChI is InChI=1S/C15H29N5/c1-6-12(7-2)9-20(8-3)15-13(11(4)5)14(19-16)17-10-18-15/h10-12H,6-9,16H2,1-5H3,(H,17,18,19). The molecule has 0 saturated carbocycles. The fourth-order valence-corrected chi connectivity index (χ4v) is 2.51. The van der Waals surface area contributed by atoms with E-state index < -0.39 is 0 Å². The fourth-order valence-electron chi connectivity index (χ4n) is 2.51. The van der Waals surface area contributed by atoms with Crippen molar-refractivity contribution < 1.29 is 0 Å². The average Bonchev–Trinajstić information content (AvgIpc) is 2.47. The number of aromatic nitrogens is 2. The molecule has 0 atom stereocenters. The Bertz CT molecular complexity index is 401. The van der Waals surface area contributed by atoms with Gasteiger partial charge in [0.05, 0.1) is 0 Å². The number of hydrogen-bond donors (Lipinski definition) is 2. The van der Waals surface area contributed by atoms with Crippen LogP contribution in [0.4, 0.5) is 11.6 Å². The largest absolute Gasteiger partial charge is 0.356 e. The van der Waals surface area contributed by atoms with Crippen molar-refractivity contribution in [3.8, 4) is 0 Å². The van der Waals surface area contributed by atoms with Gasteiger partial charge in [-0.25, -0.2) is 15.8 Å². The molecule has 0 aromatic carbocycles. The third-order valence-electron chi connectivity index (χ3n) is 3.89. The molecule has 0 aliphatic rings. The van der Waals surface area contributed by atoms with Crippen LogP contribution in [0.25, 0.3) is 0 Å². The molecular formula is C15H29N5. The van der Waals surface area contributed by atoms with Crippen molar-refractivity contribution in [2.75, 3.05) is 23.4 Å². The van der Waals surface area contributed by atoms with Gasteiger partial charge in [-0.2, -0.15) is 0 Å². The summed E-state index contributed by atoms with van der Waals surface area (Å²) in [5.74, 6) is 8.36. The third-order valence-corrected chi connectivity index (χ3v) is 3.89. The molecule has 0 fully saturated rings. The number of rotatable bonds is 8. The molecule has 1 rings (SSSR count). The van der Waals surface area contributed by atoms with Crippen LogP contribution in [0.3, 0.4) is 0 Å². The van der Waals surface area contributed by atoms with E-state index in [0.717, 1.165) is 30.3 Å². The van der Waals surface area contributed by atoms with E-state index in [1.54, 1.807) is 6.33 Å². The molecule has 0 radical (unpaired) electrons. The maximum atomic E-state index is 5.59. The maximum absolute atomic E-state index is 5.59. The van der Waals surface area contributed by atoms with E-state index in [1.165, 1.54) is 12.8 Å². The molecule has 5 heteroatoms. The maximum Gasteiger partial charge on any atom is 0.148 e. The minimum atomic E-state index is 0.327. The summed E-state index contributed by atoms with van der Waals surface area (Å²) in [6.07, 6.45) is 3.97. The molecule has 3 N–H and O–H groups in total. The normalized spacial score (nSPS) is 11.2. The van der Waals surface area contributed by atoms with Gasteiger partial charge in [0.25, 0.3) is 0 Å². The van der Waals surface area contributed by atoms with E-state index in [-0.39, 0.29) is 0 Å². The molecule has 1 aromatic heterocycles. The highest BCUT2D eigenvalue weighted by Crippen LogP contribution is 2.31. The van der Waals surface area contributed by atoms with Gasteiger partial charge in [0.15, 0.2) is 0 Å². The number of nitrogens with zero attached hydrogens (tertiary/aromatic N) is 3. The molecule has 1 aromatic rings. The Balaban J connectivity index is 3.14. The van der Waals surface area contributed by atoms with Gasteiger partial charge < -0.3 is 10.3 Å². The highest BCUT2D eigenvalue weighted by atomic mass is 15.3. The van der Waals surface area contributed by atoms with Gasteiger partial charge >= 0.3 is 0 Å². The Kier molecular flexibility index (Phi) is 6.71. The zero-order chi connectivity index (χ0) is 15.1. The number of hydrogen-bond acceptors (Lipinski definition) is 5. The predicted octanol–water partition coefficient (Wildman–Crippen LogP) is 3.15. The van der Waals surface area contributed by atoms with E-state index in [0.29, 0.717) is 11.8 Å². The predicted molar refractivity (Wildman–Crippen MR) is 85.9 cm³/mol. The first-order valence-corrected chi connectivity index (χ1v) is 7.65. The lowest BCUT2D eigenvalue weighted by Crippen LogP contribution is -2.31. The first-order valence-electron chi connectivity index (χ1n) is 7.65. The number of nitrogen functional groups attached to an aromatic ring is 1. The minimum absolute atomic E-state index is 0.327. The SMILES string of the molecule is CCC(CC)CN(CC)c1ncnc(NN)c1C(C)C. The van der Waals surface area contributed by atoms with Crippen molar-refractivity contribution in [2.24, 2.45) is 11.8 Å². The summed E-state index contributed by atoms with van der Waals surface area (Å²) in [4.78, 5) is 11.1. The van der Waals surface area contributed by atoms with Crippen LogP contribution in [0.1, 0.15) is 58.9 Å². The van der Waals surface area contributed by atoms with Crippen LogP contribution in [-0.4, -0.2) is 23.1 Å². The van der Waals surface area contributed by atoms with Crippen molar-refractivity contribution in [3.05, 3.63) is 11.9 Å². The first-order chi connectivity index (χ1) is 9.58. The second-order valence-electron chi connectivity index (χ2n) is 5.48. The smallest absolute Gasteiger partial charge is 0.148 e. The summed E-state index contributed by atoms with van der Waals surface area (Å²) in [5.41, 5.74) is 3.80. The average molecular weight is 279 g/mol. The molecule has 0 aliphatic heterocycles. The number of hydrazine groups is 1. The molecule has 0 aliphatic carbocycles. The first kappa shape index (κ1) is 16.7. The van der Waals surface area contributed by atoms with Gasteiger partial charge in [-0.05, 0) is 18.8 Å². The Morgan fingerprint density at radius 3 is 2.30 bits per heavy atom. The van der Waals surface area contributed by atoms with Crippen LogP contribution >= 0.6 is 0 Å². The van der Waals surface area contributed by atoms with Gasteiger partial charge in [0.2, 0.25) is 0 Å². The van der Waals surface area contributed by atoms with E-state index in [1.807, 2.05) is 0 Å². The molecule has 0 saturated heterocycles. The van der Waals surface area contributed by atoms with Crippen LogP contribution in [0.5, 0.6) is 0 Å². The van der Waals surface area contributed by atoms with Crippen LogP contribution in [-0.2, 0) is 0 Å². The lowest BCUT2D eigenvalue weighted by molar-refractivity contribution is 0.483. The summed E-state index contributed by atoms with van der Waals surface area (Å²) in [6.45, 7) is 12.9. The zero-order valence-corrected chi connectivity index (χ0v) is 13.5. The Morgan fingerprint density at radius 2 is 1.85 bits per heavy atom. The summed E-state index contributed by atoms with van der Waals surface area (Å²) in [5, 5.41) is 0. The van der Waals surface area contributed by atoms with Crippen molar-refractivity contribution in [2.45, 2.75) is 53.4 Å². The van der Waals surface area contributed by atoms with Crippen LogP contribution in [0, 0.1) is 5.92 Å². The third kappa shape index (κ3) is 3.82. The van der Waals surface area contributed by atoms with Gasteiger partial charge in [0, 0.05) is 18.7 Å². The number of nitrogens with one attached hydrogen (secondary N) is 1. The van der Waals surface area contributed by atoms with Crippen LogP contribution in [0.15, 0.2) is 6.33 Å². The lowest BCUT2D eigenvalue weighted by atomic mass is 10.0. The van der Waals surface area contributed by atoms with Crippen molar-refractivity contribution >= 4 is 11.6 Å². The molecule has 1 heterocycles. The molecular weight excluding hydrogens is 250 g/mol. The topological polar surface area (TPSA) is 67.1 Å². The highest BCUT2D eigenvalue weighted by Gasteiger charge is 2.20. The Labute approximate surface area is 123 Å². The van der Waals surface area contributed by atoms with Crippen LogP contribution < -0.4 is 16.2 Å². The minimum Gasteiger partial charge on any atom is -0.356 e. The number of nitrogens with two attached hydrogens (primary N) is 1. The summed E-state index contributed by atoms with van der Waals surface area (Å²) >= 11 is 0. The molecule has 0 amide bonds. The summed E-state index contributed by atoms with van der Waals surface area (Å²) in [6, 6.07) is 0. The molecule has 0 bridgehead atoms. The molecule has 114 valence electrons. The summed E-state index contributed by atoms with van der Waals surface area (Å²) < 4.78 is 0. The zero-order valence-electron chi connectivity index (χ0n) is 13.5. The fraction of sp³-hybridized carbons (Fsp3) is 0.733. The van der Waals surface area contributed by atoms with Crippen molar-refractivity contribution in [1.82, 2.24) is 9.97 Å². The van der Waals surface area contributed by atoms with Crippen LogP contribution in [0.2, 0.25) is 0 Å². The van der Waals surface area contributed by atoms with Gasteiger partial charge in [-0.1, -0.05) is 40.5 Å². The Morgan fingerprint density at radius 1 is 1.20 bits per heavy atom. The van der Waals surface area contributed by atoms with E-state index in [2.05, 4.69) is 54.9 Å². The Hall–Kier alpha value is -1.36. The summed E-state index contributed by atoms with van der Waals surface area (Å²) in [7, 11) is 0. The van der Waals surface area contributed by atoms with Crippen molar-refractivity contribution in [1.29, 1.82) is 0 Å². The van der Waals surface area contributed by atoms with Crippen molar-refractivity contribution in [3.63, 3.8) is 0 Å². The van der Waals surface area contributed by atoms with E-state index in [4.69, 9.17) is 5.84 Å². The molecule has 0 spiro atoms. The van der Waals surface area contributed by atoms with E-state index >= 15 is 0 Å². The second-order valence-corrected chi connectivity index (χ2v) is 5.48. The second kappa shape index (κ2) is 8.04. The van der Waals surface area contributed by atoms with Gasteiger partial charge in [-0.3, -0.25) is 0 Å². The highest BCUT2D eigenvalue weighted by molar-refractivity contribution is 5.59. The molecule has 5 nitrogen and oxygen atoms in total. The molecule has 20 heavy (non-hydrogen) atoms. The van der Waals surface area contributed by atoms with Gasteiger partial charge in [-0.15, -0.1) is 0 Å². The van der Waals surface area contributed by atoms with Gasteiger partial charge in [0.1, 0.15) is 18.0 Å². The van der Waals surface area contributed by atoms with E-state index in [9.17, 15) is 0 Å².